The molecule has 3 aromatic rings. The monoisotopic (exact) mass is 374 g/mol. The van der Waals surface area contributed by atoms with E-state index in [2.05, 4.69) is 20.7 Å². The number of amides is 1. The number of nitrogens with zero attached hydrogens (tertiary/aromatic N) is 3. The van der Waals surface area contributed by atoms with Gasteiger partial charge in [0, 0.05) is 18.5 Å². The number of thiophene rings is 1. The van der Waals surface area contributed by atoms with E-state index in [1.807, 2.05) is 17.5 Å². The SMILES string of the molecule is CC(O)c1nnc(C[C@H]2C[C@@H](NC(=O)c3cc(-c4cccs4)no3)C2)o1. The average Bonchev–Trinajstić information content (AvgIpc) is 3.32. The van der Waals surface area contributed by atoms with E-state index in [1.165, 1.54) is 0 Å². The highest BCUT2D eigenvalue weighted by Crippen LogP contribution is 2.31. The fraction of sp³-hybridized carbons (Fsp3) is 0.412. The molecule has 1 atom stereocenters. The first-order valence-electron chi connectivity index (χ1n) is 8.40. The second kappa shape index (κ2) is 7.00. The van der Waals surface area contributed by atoms with E-state index in [0.29, 0.717) is 23.9 Å². The van der Waals surface area contributed by atoms with Crippen molar-refractivity contribution in [2.75, 3.05) is 0 Å². The number of aliphatic hydroxyl groups is 1. The molecule has 8 nitrogen and oxygen atoms in total. The first-order chi connectivity index (χ1) is 12.6. The van der Waals surface area contributed by atoms with E-state index in [4.69, 9.17) is 8.94 Å². The van der Waals surface area contributed by atoms with Crippen LogP contribution in [-0.4, -0.2) is 32.4 Å². The molecule has 4 rings (SSSR count). The summed E-state index contributed by atoms with van der Waals surface area (Å²) in [6.45, 7) is 1.58. The summed E-state index contributed by atoms with van der Waals surface area (Å²) < 4.78 is 10.5. The van der Waals surface area contributed by atoms with Crippen molar-refractivity contribution >= 4 is 17.2 Å². The van der Waals surface area contributed by atoms with Crippen LogP contribution in [-0.2, 0) is 6.42 Å². The van der Waals surface area contributed by atoms with Crippen LogP contribution >= 0.6 is 11.3 Å². The van der Waals surface area contributed by atoms with Gasteiger partial charge in [0.15, 0.2) is 0 Å². The van der Waals surface area contributed by atoms with Gasteiger partial charge < -0.3 is 19.4 Å². The standard InChI is InChI=1S/C17H18N4O4S/c1-9(22)17-20-19-15(24-17)7-10-5-11(6-10)18-16(23)13-8-12(21-25-13)14-3-2-4-26-14/h2-4,8-11,22H,5-7H2,1H3,(H,18,23)/t9?,10-,11+. The summed E-state index contributed by atoms with van der Waals surface area (Å²) in [4.78, 5) is 13.2. The molecule has 1 aliphatic carbocycles. The van der Waals surface area contributed by atoms with Gasteiger partial charge in [0.1, 0.15) is 11.8 Å². The summed E-state index contributed by atoms with van der Waals surface area (Å²) in [5, 5.41) is 26.0. The Morgan fingerprint density at radius 1 is 1.46 bits per heavy atom. The van der Waals surface area contributed by atoms with Crippen molar-refractivity contribution in [2.45, 2.75) is 38.3 Å². The predicted octanol–water partition coefficient (Wildman–Crippen LogP) is 2.59. The fourth-order valence-electron chi connectivity index (χ4n) is 2.96. The van der Waals surface area contributed by atoms with Gasteiger partial charge in [-0.3, -0.25) is 4.79 Å². The van der Waals surface area contributed by atoms with Gasteiger partial charge in [-0.1, -0.05) is 11.2 Å². The van der Waals surface area contributed by atoms with Crippen LogP contribution in [0.25, 0.3) is 10.6 Å². The van der Waals surface area contributed by atoms with Crippen LogP contribution in [0.15, 0.2) is 32.5 Å². The molecule has 9 heteroatoms. The summed E-state index contributed by atoms with van der Waals surface area (Å²) in [5.74, 6) is 1.09. The van der Waals surface area contributed by atoms with Crippen molar-refractivity contribution in [3.63, 3.8) is 0 Å². The van der Waals surface area contributed by atoms with E-state index >= 15 is 0 Å². The summed E-state index contributed by atoms with van der Waals surface area (Å²) in [6.07, 6.45) is 1.57. The summed E-state index contributed by atoms with van der Waals surface area (Å²) in [6, 6.07) is 5.62. The lowest BCUT2D eigenvalue weighted by Crippen LogP contribution is -2.44. The smallest absolute Gasteiger partial charge is 0.290 e. The Hall–Kier alpha value is -2.52. The Morgan fingerprint density at radius 2 is 2.31 bits per heavy atom. The van der Waals surface area contributed by atoms with Gasteiger partial charge in [-0.2, -0.15) is 0 Å². The highest BCUT2D eigenvalue weighted by Gasteiger charge is 2.32. The van der Waals surface area contributed by atoms with Crippen molar-refractivity contribution in [3.05, 3.63) is 41.1 Å². The Bertz CT molecular complexity index is 880. The van der Waals surface area contributed by atoms with Crippen LogP contribution in [0.5, 0.6) is 0 Å². The summed E-state index contributed by atoms with van der Waals surface area (Å²) >= 11 is 1.55. The third kappa shape index (κ3) is 3.54. The molecular formula is C17H18N4O4S. The van der Waals surface area contributed by atoms with Crippen molar-refractivity contribution in [2.24, 2.45) is 5.92 Å². The van der Waals surface area contributed by atoms with Crippen LogP contribution < -0.4 is 5.32 Å². The Kier molecular flexibility index (Phi) is 4.56. The highest BCUT2D eigenvalue weighted by atomic mass is 32.1. The lowest BCUT2D eigenvalue weighted by Gasteiger charge is -2.34. The minimum Gasteiger partial charge on any atom is -0.422 e. The molecule has 0 aliphatic heterocycles. The van der Waals surface area contributed by atoms with Gasteiger partial charge in [-0.15, -0.1) is 21.5 Å². The Morgan fingerprint density at radius 3 is 3.00 bits per heavy atom. The number of rotatable bonds is 6. The molecule has 136 valence electrons. The summed E-state index contributed by atoms with van der Waals surface area (Å²) in [5.41, 5.74) is 0.668. The third-order valence-electron chi connectivity index (χ3n) is 4.38. The molecule has 3 heterocycles. The molecule has 0 radical (unpaired) electrons. The molecule has 3 aromatic heterocycles. The highest BCUT2D eigenvalue weighted by molar-refractivity contribution is 7.13. The molecule has 1 amide bonds. The van der Waals surface area contributed by atoms with Gasteiger partial charge in [0.2, 0.25) is 17.5 Å². The molecule has 0 bridgehead atoms. The number of aromatic nitrogens is 3. The minimum atomic E-state index is -0.759. The first-order valence-corrected chi connectivity index (χ1v) is 9.28. The third-order valence-corrected chi connectivity index (χ3v) is 5.27. The van der Waals surface area contributed by atoms with E-state index in [9.17, 15) is 9.90 Å². The molecular weight excluding hydrogens is 356 g/mol. The zero-order valence-corrected chi connectivity index (χ0v) is 14.9. The number of aliphatic hydroxyl groups excluding tert-OH is 1. The Labute approximate surface area is 153 Å². The maximum absolute atomic E-state index is 12.3. The number of hydrogen-bond acceptors (Lipinski definition) is 8. The number of hydrogen-bond donors (Lipinski definition) is 2. The van der Waals surface area contributed by atoms with Gasteiger partial charge in [-0.25, -0.2) is 0 Å². The van der Waals surface area contributed by atoms with Crippen LogP contribution in [0, 0.1) is 5.92 Å². The van der Waals surface area contributed by atoms with E-state index < -0.39 is 6.10 Å². The quantitative estimate of drug-likeness (QED) is 0.681. The second-order valence-electron chi connectivity index (χ2n) is 6.48. The molecule has 1 fully saturated rings. The summed E-state index contributed by atoms with van der Waals surface area (Å²) in [7, 11) is 0. The van der Waals surface area contributed by atoms with Gasteiger partial charge in [-0.05, 0) is 37.1 Å². The van der Waals surface area contributed by atoms with Crippen molar-refractivity contribution in [3.8, 4) is 10.6 Å². The van der Waals surface area contributed by atoms with Crippen molar-refractivity contribution < 1.29 is 18.8 Å². The van der Waals surface area contributed by atoms with E-state index in [0.717, 1.165) is 17.7 Å². The zero-order valence-electron chi connectivity index (χ0n) is 14.1. The average molecular weight is 374 g/mol. The van der Waals surface area contributed by atoms with Gasteiger partial charge >= 0.3 is 0 Å². The van der Waals surface area contributed by atoms with Gasteiger partial charge in [0.05, 0.1) is 4.88 Å². The van der Waals surface area contributed by atoms with Gasteiger partial charge in [0.25, 0.3) is 5.91 Å². The maximum atomic E-state index is 12.3. The topological polar surface area (TPSA) is 114 Å². The number of carbonyl (C=O) groups excluding carboxylic acids is 1. The molecule has 1 unspecified atom stereocenters. The first kappa shape index (κ1) is 16.9. The molecule has 2 N–H and O–H groups in total. The van der Waals surface area contributed by atoms with Crippen LogP contribution in [0.2, 0.25) is 0 Å². The lowest BCUT2D eigenvalue weighted by molar-refractivity contribution is 0.0848. The normalized spacial score (nSPS) is 20.5. The van der Waals surface area contributed by atoms with Crippen molar-refractivity contribution in [1.82, 2.24) is 20.7 Å². The van der Waals surface area contributed by atoms with Crippen LogP contribution in [0.3, 0.4) is 0 Å². The Balaban J connectivity index is 1.26. The second-order valence-corrected chi connectivity index (χ2v) is 7.42. The fourth-order valence-corrected chi connectivity index (χ4v) is 3.64. The number of carbonyl (C=O) groups is 1. The molecule has 1 aliphatic rings. The van der Waals surface area contributed by atoms with Crippen molar-refractivity contribution in [1.29, 1.82) is 0 Å². The molecule has 1 saturated carbocycles. The molecule has 0 spiro atoms. The van der Waals surface area contributed by atoms with E-state index in [1.54, 1.807) is 24.3 Å². The van der Waals surface area contributed by atoms with Crippen LogP contribution in [0.1, 0.15) is 48.2 Å². The minimum absolute atomic E-state index is 0.0990. The largest absolute Gasteiger partial charge is 0.422 e. The maximum Gasteiger partial charge on any atom is 0.290 e. The molecule has 26 heavy (non-hydrogen) atoms. The zero-order chi connectivity index (χ0) is 18.1. The lowest BCUT2D eigenvalue weighted by atomic mass is 9.78. The van der Waals surface area contributed by atoms with Crippen LogP contribution in [0.4, 0.5) is 0 Å². The molecule has 0 saturated heterocycles. The predicted molar refractivity (Wildman–Crippen MR) is 92.4 cm³/mol. The number of nitrogens with one attached hydrogen (secondary N) is 1. The molecule has 0 aromatic carbocycles. The van der Waals surface area contributed by atoms with E-state index in [-0.39, 0.29) is 23.6 Å².